The number of aryl methyl sites for hydroxylation is 1. The van der Waals surface area contributed by atoms with E-state index in [4.69, 9.17) is 0 Å². The van der Waals surface area contributed by atoms with Crippen molar-refractivity contribution < 1.29 is 0 Å². The number of benzene rings is 1. The van der Waals surface area contributed by atoms with Crippen LogP contribution in [-0.4, -0.2) is 17.7 Å². The van der Waals surface area contributed by atoms with Gasteiger partial charge >= 0.3 is 0 Å². The average molecular weight is 202 g/mol. The fourth-order valence-electron chi connectivity index (χ4n) is 1.89. The molecule has 0 spiro atoms. The highest BCUT2D eigenvalue weighted by atomic mass is 15.0. The molecule has 2 heteroatoms. The molecule has 2 rings (SSSR count). The molecular weight excluding hydrogens is 184 g/mol. The van der Waals surface area contributed by atoms with Crippen molar-refractivity contribution in [2.45, 2.75) is 19.9 Å². The molecular formula is C13H18N2. The maximum Gasteiger partial charge on any atom is 0.0480 e. The Kier molecular flexibility index (Phi) is 3.41. The summed E-state index contributed by atoms with van der Waals surface area (Å²) in [5.74, 6) is 0. The van der Waals surface area contributed by atoms with Gasteiger partial charge in [-0.15, -0.1) is 0 Å². The van der Waals surface area contributed by atoms with Gasteiger partial charge in [0.25, 0.3) is 0 Å². The lowest BCUT2D eigenvalue weighted by Crippen LogP contribution is -2.15. The maximum atomic E-state index is 3.35. The zero-order valence-corrected chi connectivity index (χ0v) is 9.24. The van der Waals surface area contributed by atoms with Gasteiger partial charge < -0.3 is 9.88 Å². The molecule has 15 heavy (non-hydrogen) atoms. The van der Waals surface area contributed by atoms with Gasteiger partial charge in [0, 0.05) is 18.3 Å². The summed E-state index contributed by atoms with van der Waals surface area (Å²) in [6.07, 6.45) is 3.36. The predicted octanol–water partition coefficient (Wildman–Crippen LogP) is 2.64. The molecule has 0 amide bonds. The van der Waals surface area contributed by atoms with Crippen LogP contribution in [-0.2, 0) is 6.54 Å². The van der Waals surface area contributed by atoms with Gasteiger partial charge in [-0.2, -0.15) is 0 Å². The van der Waals surface area contributed by atoms with E-state index < -0.39 is 0 Å². The number of fused-ring (bicyclic) bond motifs is 1. The van der Waals surface area contributed by atoms with Crippen molar-refractivity contribution in [2.75, 3.05) is 13.1 Å². The molecule has 0 aliphatic heterocycles. The number of aromatic nitrogens is 1. The smallest absolute Gasteiger partial charge is 0.0480 e. The summed E-state index contributed by atoms with van der Waals surface area (Å²) in [7, 11) is 0. The summed E-state index contributed by atoms with van der Waals surface area (Å²) in [4.78, 5) is 0. The van der Waals surface area contributed by atoms with E-state index in [0.29, 0.717) is 0 Å². The highest BCUT2D eigenvalue weighted by Crippen LogP contribution is 2.14. The first-order valence-corrected chi connectivity index (χ1v) is 5.66. The van der Waals surface area contributed by atoms with Crippen molar-refractivity contribution in [1.29, 1.82) is 0 Å². The summed E-state index contributed by atoms with van der Waals surface area (Å²) in [5, 5.41) is 4.68. The minimum Gasteiger partial charge on any atom is -0.347 e. The van der Waals surface area contributed by atoms with Crippen molar-refractivity contribution in [1.82, 2.24) is 9.88 Å². The zero-order valence-electron chi connectivity index (χ0n) is 9.24. The molecule has 1 aromatic heterocycles. The predicted molar refractivity (Wildman–Crippen MR) is 65.1 cm³/mol. The second-order valence-corrected chi connectivity index (χ2v) is 3.78. The lowest BCUT2D eigenvalue weighted by Gasteiger charge is -2.05. The standard InChI is InChI=1S/C13H18N2/c1-2-14-9-5-10-15-11-8-12-6-3-4-7-13(12)15/h3-4,6-8,11,14H,2,5,9-10H2,1H3. The van der Waals surface area contributed by atoms with Gasteiger partial charge in [0.15, 0.2) is 0 Å². The van der Waals surface area contributed by atoms with Crippen molar-refractivity contribution in [3.05, 3.63) is 36.5 Å². The van der Waals surface area contributed by atoms with Gasteiger partial charge in [-0.05, 0) is 37.0 Å². The van der Waals surface area contributed by atoms with Crippen LogP contribution in [0.25, 0.3) is 10.9 Å². The van der Waals surface area contributed by atoms with Crippen LogP contribution in [0.5, 0.6) is 0 Å². The fraction of sp³-hybridized carbons (Fsp3) is 0.385. The third-order valence-corrected chi connectivity index (χ3v) is 2.68. The Labute approximate surface area is 90.9 Å². The van der Waals surface area contributed by atoms with Gasteiger partial charge in [-0.25, -0.2) is 0 Å². The maximum absolute atomic E-state index is 3.35. The van der Waals surface area contributed by atoms with Crippen LogP contribution >= 0.6 is 0 Å². The lowest BCUT2D eigenvalue weighted by atomic mass is 10.2. The average Bonchev–Trinajstić information content (AvgIpc) is 2.68. The van der Waals surface area contributed by atoms with E-state index in [0.717, 1.165) is 19.6 Å². The lowest BCUT2D eigenvalue weighted by molar-refractivity contribution is 0.603. The zero-order chi connectivity index (χ0) is 10.5. The molecule has 0 radical (unpaired) electrons. The molecule has 80 valence electrons. The highest BCUT2D eigenvalue weighted by Gasteiger charge is 1.98. The normalized spacial score (nSPS) is 11.0. The summed E-state index contributed by atoms with van der Waals surface area (Å²) in [5.41, 5.74) is 1.34. The Morgan fingerprint density at radius 3 is 2.93 bits per heavy atom. The molecule has 1 heterocycles. The fourth-order valence-corrected chi connectivity index (χ4v) is 1.89. The Bertz CT molecular complexity index is 417. The second-order valence-electron chi connectivity index (χ2n) is 3.78. The SMILES string of the molecule is CCNCCCn1ccc2ccccc21. The Hall–Kier alpha value is -1.28. The van der Waals surface area contributed by atoms with E-state index in [9.17, 15) is 0 Å². The minimum atomic E-state index is 1.06. The van der Waals surface area contributed by atoms with Crippen LogP contribution in [0.1, 0.15) is 13.3 Å². The van der Waals surface area contributed by atoms with Crippen molar-refractivity contribution in [3.63, 3.8) is 0 Å². The first kappa shape index (κ1) is 10.2. The molecule has 0 fully saturated rings. The Morgan fingerprint density at radius 1 is 1.20 bits per heavy atom. The third-order valence-electron chi connectivity index (χ3n) is 2.68. The Balaban J connectivity index is 2.02. The second kappa shape index (κ2) is 4.99. The molecule has 1 N–H and O–H groups in total. The number of rotatable bonds is 5. The van der Waals surface area contributed by atoms with Crippen LogP contribution in [0.15, 0.2) is 36.5 Å². The van der Waals surface area contributed by atoms with E-state index in [-0.39, 0.29) is 0 Å². The first-order valence-electron chi connectivity index (χ1n) is 5.66. The minimum absolute atomic E-state index is 1.06. The Morgan fingerprint density at radius 2 is 2.07 bits per heavy atom. The van der Waals surface area contributed by atoms with Crippen LogP contribution in [0.3, 0.4) is 0 Å². The number of hydrogen-bond donors (Lipinski definition) is 1. The van der Waals surface area contributed by atoms with E-state index in [1.165, 1.54) is 17.3 Å². The first-order chi connectivity index (χ1) is 7.42. The molecule has 2 nitrogen and oxygen atoms in total. The molecule has 0 saturated heterocycles. The molecule has 0 bridgehead atoms. The molecule has 0 saturated carbocycles. The van der Waals surface area contributed by atoms with Crippen molar-refractivity contribution >= 4 is 10.9 Å². The summed E-state index contributed by atoms with van der Waals surface area (Å²) in [6.45, 7) is 5.40. The van der Waals surface area contributed by atoms with Gasteiger partial charge in [-0.3, -0.25) is 0 Å². The molecule has 0 atom stereocenters. The van der Waals surface area contributed by atoms with Gasteiger partial charge in [-0.1, -0.05) is 25.1 Å². The van der Waals surface area contributed by atoms with Gasteiger partial charge in [0.2, 0.25) is 0 Å². The van der Waals surface area contributed by atoms with Gasteiger partial charge in [0.1, 0.15) is 0 Å². The molecule has 0 aliphatic rings. The summed E-state index contributed by atoms with van der Waals surface area (Å²) >= 11 is 0. The van der Waals surface area contributed by atoms with Crippen LogP contribution in [0, 0.1) is 0 Å². The summed E-state index contributed by atoms with van der Waals surface area (Å²) in [6, 6.07) is 10.7. The highest BCUT2D eigenvalue weighted by molar-refractivity contribution is 5.79. The largest absolute Gasteiger partial charge is 0.347 e. The van der Waals surface area contributed by atoms with Crippen molar-refractivity contribution in [3.8, 4) is 0 Å². The van der Waals surface area contributed by atoms with Crippen LogP contribution in [0.2, 0.25) is 0 Å². The number of nitrogens with one attached hydrogen (secondary N) is 1. The number of para-hydroxylation sites is 1. The quantitative estimate of drug-likeness (QED) is 0.737. The molecule has 0 unspecified atom stereocenters. The van der Waals surface area contributed by atoms with E-state index in [1.807, 2.05) is 0 Å². The molecule has 1 aromatic carbocycles. The number of nitrogens with zero attached hydrogens (tertiary/aromatic N) is 1. The topological polar surface area (TPSA) is 17.0 Å². The monoisotopic (exact) mass is 202 g/mol. The van der Waals surface area contributed by atoms with Gasteiger partial charge in [0.05, 0.1) is 0 Å². The third kappa shape index (κ3) is 2.39. The molecule has 0 aliphatic carbocycles. The number of hydrogen-bond acceptors (Lipinski definition) is 1. The van der Waals surface area contributed by atoms with Crippen LogP contribution < -0.4 is 5.32 Å². The molecule has 2 aromatic rings. The van der Waals surface area contributed by atoms with E-state index >= 15 is 0 Å². The van der Waals surface area contributed by atoms with Crippen LogP contribution in [0.4, 0.5) is 0 Å². The van der Waals surface area contributed by atoms with E-state index in [2.05, 4.69) is 53.3 Å². The van der Waals surface area contributed by atoms with Crippen molar-refractivity contribution in [2.24, 2.45) is 0 Å². The van der Waals surface area contributed by atoms with E-state index in [1.54, 1.807) is 0 Å². The summed E-state index contributed by atoms with van der Waals surface area (Å²) < 4.78 is 2.33.